The van der Waals surface area contributed by atoms with E-state index in [0.717, 1.165) is 31.5 Å². The number of nitrogens with one attached hydrogen (secondary N) is 1. The fourth-order valence-electron chi connectivity index (χ4n) is 2.92. The first-order valence-electron chi connectivity index (χ1n) is 8.03. The number of hydrogen-bond donors (Lipinski definition) is 1. The van der Waals surface area contributed by atoms with Gasteiger partial charge in [0.05, 0.1) is 10.9 Å². The summed E-state index contributed by atoms with van der Waals surface area (Å²) in [5.74, 6) is 0.533. The molecule has 5 nitrogen and oxygen atoms in total. The second-order valence-electron chi connectivity index (χ2n) is 6.58. The molecule has 23 heavy (non-hydrogen) atoms. The second kappa shape index (κ2) is 7.45. The van der Waals surface area contributed by atoms with Crippen LogP contribution in [-0.4, -0.2) is 45.6 Å². The van der Waals surface area contributed by atoms with Crippen molar-refractivity contribution in [1.82, 2.24) is 10.2 Å². The van der Waals surface area contributed by atoms with Gasteiger partial charge < -0.3 is 10.2 Å². The van der Waals surface area contributed by atoms with Gasteiger partial charge in [0.25, 0.3) is 0 Å². The Kier molecular flexibility index (Phi) is 5.81. The maximum atomic E-state index is 12.2. The van der Waals surface area contributed by atoms with Crippen LogP contribution in [0.4, 0.5) is 0 Å². The first-order chi connectivity index (χ1) is 10.8. The predicted octanol–water partition coefficient (Wildman–Crippen LogP) is 2.00. The molecule has 1 aliphatic heterocycles. The maximum Gasteiger partial charge on any atom is 0.220 e. The van der Waals surface area contributed by atoms with E-state index in [1.54, 1.807) is 24.3 Å². The van der Waals surface area contributed by atoms with Crippen molar-refractivity contribution in [3.05, 3.63) is 29.8 Å². The number of hydrogen-bond acceptors (Lipinski definition) is 4. The quantitative estimate of drug-likeness (QED) is 0.892. The summed E-state index contributed by atoms with van der Waals surface area (Å²) in [4.78, 5) is 14.8. The topological polar surface area (TPSA) is 66.5 Å². The van der Waals surface area contributed by atoms with E-state index in [1.165, 1.54) is 6.26 Å². The predicted molar refractivity (Wildman–Crippen MR) is 90.9 cm³/mol. The van der Waals surface area contributed by atoms with Gasteiger partial charge in [-0.3, -0.25) is 4.79 Å². The number of likely N-dealkylation sites (tertiary alicyclic amines) is 1. The third kappa shape index (κ3) is 5.32. The molecule has 1 aromatic rings. The maximum absolute atomic E-state index is 12.2. The molecular formula is C17H26N2O3S. The molecule has 0 aliphatic carbocycles. The SMILES string of the molecule is CC(NC(=O)CC1CCN(C)CC1)c1ccc(S(C)(=O)=O)cc1. The highest BCUT2D eigenvalue weighted by Gasteiger charge is 2.20. The van der Waals surface area contributed by atoms with E-state index in [4.69, 9.17) is 0 Å². The van der Waals surface area contributed by atoms with E-state index >= 15 is 0 Å². The number of carbonyl (C=O) groups excluding carboxylic acids is 1. The molecule has 0 saturated carbocycles. The third-order valence-corrected chi connectivity index (χ3v) is 5.63. The van der Waals surface area contributed by atoms with Gasteiger partial charge >= 0.3 is 0 Å². The van der Waals surface area contributed by atoms with Crippen LogP contribution in [0.5, 0.6) is 0 Å². The van der Waals surface area contributed by atoms with E-state index in [-0.39, 0.29) is 11.9 Å². The monoisotopic (exact) mass is 338 g/mol. The molecular weight excluding hydrogens is 312 g/mol. The van der Waals surface area contributed by atoms with Gasteiger partial charge in [-0.05, 0) is 63.5 Å². The van der Waals surface area contributed by atoms with Gasteiger partial charge in [0.2, 0.25) is 5.91 Å². The van der Waals surface area contributed by atoms with Crippen LogP contribution in [0.25, 0.3) is 0 Å². The molecule has 1 saturated heterocycles. The molecule has 128 valence electrons. The van der Waals surface area contributed by atoms with Gasteiger partial charge in [-0.15, -0.1) is 0 Å². The van der Waals surface area contributed by atoms with Crippen molar-refractivity contribution in [1.29, 1.82) is 0 Å². The molecule has 1 aromatic carbocycles. The standard InChI is InChI=1S/C17H26N2O3S/c1-13(15-4-6-16(7-5-15)23(3,21)22)18-17(20)12-14-8-10-19(2)11-9-14/h4-7,13-14H,8-12H2,1-3H3,(H,18,20). The minimum absolute atomic E-state index is 0.0687. The van der Waals surface area contributed by atoms with E-state index in [1.807, 2.05) is 6.92 Å². The minimum atomic E-state index is -3.18. The Balaban J connectivity index is 1.88. The number of piperidine rings is 1. The average molecular weight is 338 g/mol. The summed E-state index contributed by atoms with van der Waals surface area (Å²) in [6, 6.07) is 6.57. The molecule has 0 bridgehead atoms. The summed E-state index contributed by atoms with van der Waals surface area (Å²) in [7, 11) is -1.07. The Morgan fingerprint density at radius 3 is 2.35 bits per heavy atom. The van der Waals surface area contributed by atoms with Gasteiger partial charge in [0.1, 0.15) is 0 Å². The zero-order valence-electron chi connectivity index (χ0n) is 14.1. The number of sulfone groups is 1. The zero-order valence-corrected chi connectivity index (χ0v) is 14.9. The molecule has 0 radical (unpaired) electrons. The molecule has 1 N–H and O–H groups in total. The van der Waals surface area contributed by atoms with Crippen LogP contribution in [0.2, 0.25) is 0 Å². The van der Waals surface area contributed by atoms with Gasteiger partial charge in [0.15, 0.2) is 9.84 Å². The summed E-state index contributed by atoms with van der Waals surface area (Å²) < 4.78 is 22.9. The van der Waals surface area contributed by atoms with Crippen LogP contribution in [0.15, 0.2) is 29.2 Å². The van der Waals surface area contributed by atoms with Crippen LogP contribution < -0.4 is 5.32 Å². The first-order valence-corrected chi connectivity index (χ1v) is 9.93. The van der Waals surface area contributed by atoms with Crippen LogP contribution in [0, 0.1) is 5.92 Å². The first kappa shape index (κ1) is 17.9. The molecule has 1 aliphatic rings. The number of amides is 1. The highest BCUT2D eigenvalue weighted by atomic mass is 32.2. The van der Waals surface area contributed by atoms with Crippen molar-refractivity contribution < 1.29 is 13.2 Å². The minimum Gasteiger partial charge on any atom is -0.350 e. The Labute approximate surface area is 139 Å². The number of carbonyl (C=O) groups is 1. The van der Waals surface area contributed by atoms with Crippen LogP contribution in [0.3, 0.4) is 0 Å². The summed E-state index contributed by atoms with van der Waals surface area (Å²) in [6.07, 6.45) is 3.90. The van der Waals surface area contributed by atoms with Crippen molar-refractivity contribution in [2.24, 2.45) is 5.92 Å². The molecule has 1 heterocycles. The fourth-order valence-corrected chi connectivity index (χ4v) is 3.55. The Morgan fingerprint density at radius 1 is 1.26 bits per heavy atom. The lowest BCUT2D eigenvalue weighted by molar-refractivity contribution is -0.123. The van der Waals surface area contributed by atoms with Crippen molar-refractivity contribution in [3.63, 3.8) is 0 Å². The Bertz CT molecular complexity index is 632. The van der Waals surface area contributed by atoms with Crippen molar-refractivity contribution in [2.45, 2.75) is 37.1 Å². The second-order valence-corrected chi connectivity index (χ2v) is 8.60. The summed E-state index contributed by atoms with van der Waals surface area (Å²) >= 11 is 0. The average Bonchev–Trinajstić information content (AvgIpc) is 2.49. The summed E-state index contributed by atoms with van der Waals surface area (Å²) in [6.45, 7) is 4.03. The number of rotatable bonds is 5. The number of benzene rings is 1. The lowest BCUT2D eigenvalue weighted by Crippen LogP contribution is -2.34. The lowest BCUT2D eigenvalue weighted by atomic mass is 9.93. The Morgan fingerprint density at radius 2 is 1.83 bits per heavy atom. The molecule has 0 aromatic heterocycles. The highest BCUT2D eigenvalue weighted by molar-refractivity contribution is 7.90. The van der Waals surface area contributed by atoms with Crippen LogP contribution in [0.1, 0.15) is 37.8 Å². The summed E-state index contributed by atoms with van der Waals surface area (Å²) in [5, 5.41) is 3.01. The zero-order chi connectivity index (χ0) is 17.0. The highest BCUT2D eigenvalue weighted by Crippen LogP contribution is 2.21. The van der Waals surface area contributed by atoms with Crippen molar-refractivity contribution in [3.8, 4) is 0 Å². The number of nitrogens with zero attached hydrogens (tertiary/aromatic N) is 1. The molecule has 0 spiro atoms. The van der Waals surface area contributed by atoms with Crippen LogP contribution >= 0.6 is 0 Å². The normalized spacial score (nSPS) is 18.6. The van der Waals surface area contributed by atoms with Gasteiger partial charge in [0, 0.05) is 12.7 Å². The molecule has 6 heteroatoms. The van der Waals surface area contributed by atoms with Gasteiger partial charge in [-0.1, -0.05) is 12.1 Å². The summed E-state index contributed by atoms with van der Waals surface area (Å²) in [5.41, 5.74) is 0.911. The van der Waals surface area contributed by atoms with Crippen molar-refractivity contribution in [2.75, 3.05) is 26.4 Å². The van der Waals surface area contributed by atoms with E-state index < -0.39 is 9.84 Å². The van der Waals surface area contributed by atoms with E-state index in [9.17, 15) is 13.2 Å². The molecule has 1 amide bonds. The largest absolute Gasteiger partial charge is 0.350 e. The van der Waals surface area contributed by atoms with E-state index in [2.05, 4.69) is 17.3 Å². The smallest absolute Gasteiger partial charge is 0.220 e. The lowest BCUT2D eigenvalue weighted by Gasteiger charge is -2.28. The fraction of sp³-hybridized carbons (Fsp3) is 0.588. The molecule has 1 atom stereocenters. The third-order valence-electron chi connectivity index (χ3n) is 4.50. The molecule has 2 rings (SSSR count). The van der Waals surface area contributed by atoms with Gasteiger partial charge in [-0.25, -0.2) is 8.42 Å². The van der Waals surface area contributed by atoms with Crippen LogP contribution in [-0.2, 0) is 14.6 Å². The Hall–Kier alpha value is -1.40. The van der Waals surface area contributed by atoms with Gasteiger partial charge in [-0.2, -0.15) is 0 Å². The van der Waals surface area contributed by atoms with Crippen molar-refractivity contribution >= 4 is 15.7 Å². The molecule has 1 unspecified atom stereocenters. The van der Waals surface area contributed by atoms with E-state index in [0.29, 0.717) is 17.2 Å². The molecule has 1 fully saturated rings.